The van der Waals surface area contributed by atoms with Crippen LogP contribution in [0.1, 0.15) is 0 Å². The molecule has 0 radical (unpaired) electrons. The molecular weight excluding hydrogens is 1420 g/mol. The zero-order valence-corrected chi connectivity index (χ0v) is 61.6. The first-order valence-electron chi connectivity index (χ1n) is 38.7. The third-order valence-electron chi connectivity index (χ3n) is 23.1. The van der Waals surface area contributed by atoms with Crippen molar-refractivity contribution in [1.29, 1.82) is 0 Å². The number of pyridine rings is 5. The van der Waals surface area contributed by atoms with Gasteiger partial charge < -0.3 is 0 Å². The predicted molar refractivity (Wildman–Crippen MR) is 475 cm³/mol. The molecular formula is C101H57N15. The van der Waals surface area contributed by atoms with Gasteiger partial charge in [-0.3, -0.25) is 17.6 Å². The molecule has 0 amide bonds. The zero-order chi connectivity index (χ0) is 75.8. The Balaban J connectivity index is 0.0000000866. The lowest BCUT2D eigenvalue weighted by Gasteiger charge is -2.12. The van der Waals surface area contributed by atoms with Crippen molar-refractivity contribution < 1.29 is 0 Å². The van der Waals surface area contributed by atoms with E-state index in [1.54, 1.807) is 12.4 Å². The minimum Gasteiger partial charge on any atom is -0.292 e. The Labute approximate surface area is 655 Å². The van der Waals surface area contributed by atoms with Crippen molar-refractivity contribution in [3.63, 3.8) is 0 Å². The smallest absolute Gasteiger partial charge is 0.199 e. The fraction of sp³-hybridized carbons (Fsp3) is 0. The third kappa shape index (κ3) is 9.69. The number of benzene rings is 16. The Morgan fingerprint density at radius 3 is 0.836 bits per heavy atom. The molecule has 0 saturated carbocycles. The maximum atomic E-state index is 5.08. The molecule has 28 aromatic rings. The quantitative estimate of drug-likeness (QED) is 0.105. The highest BCUT2D eigenvalue weighted by atomic mass is 15.1. The second-order valence-electron chi connectivity index (χ2n) is 29.8. The van der Waals surface area contributed by atoms with Gasteiger partial charge in [-0.25, -0.2) is 54.8 Å². The van der Waals surface area contributed by atoms with E-state index in [-0.39, 0.29) is 0 Å². The maximum absolute atomic E-state index is 5.08. The van der Waals surface area contributed by atoms with E-state index < -0.39 is 0 Å². The van der Waals surface area contributed by atoms with Gasteiger partial charge in [0.25, 0.3) is 0 Å². The summed E-state index contributed by atoms with van der Waals surface area (Å²) in [5, 5.41) is 24.8. The molecule has 0 aliphatic rings. The van der Waals surface area contributed by atoms with Crippen LogP contribution >= 0.6 is 0 Å². The average Bonchev–Trinajstić information content (AvgIpc) is 1.51. The van der Waals surface area contributed by atoms with Crippen molar-refractivity contribution in [3.8, 4) is 0 Å². The van der Waals surface area contributed by atoms with Crippen molar-refractivity contribution in [2.24, 2.45) is 0 Å². The molecule has 0 atom stereocenters. The molecule has 0 bridgehead atoms. The lowest BCUT2D eigenvalue weighted by atomic mass is 9.98. The van der Waals surface area contributed by atoms with Crippen molar-refractivity contribution in [2.75, 3.05) is 0 Å². The molecule has 15 nitrogen and oxygen atoms in total. The molecule has 0 spiro atoms. The van der Waals surface area contributed by atoms with Crippen molar-refractivity contribution in [2.45, 2.75) is 0 Å². The topological polar surface area (TPSA) is 159 Å². The first-order chi connectivity index (χ1) is 57.5. The van der Waals surface area contributed by atoms with Crippen molar-refractivity contribution in [1.82, 2.24) is 72.4 Å². The maximum Gasteiger partial charge on any atom is 0.199 e. The summed E-state index contributed by atoms with van der Waals surface area (Å²) in [6.45, 7) is 0. The number of rotatable bonds is 0. The van der Waals surface area contributed by atoms with Crippen LogP contribution in [-0.2, 0) is 0 Å². The molecule has 116 heavy (non-hydrogen) atoms. The Kier molecular flexibility index (Phi) is 13.5. The number of imidazole rings is 4. The Hall–Kier alpha value is -16.1. The summed E-state index contributed by atoms with van der Waals surface area (Å²) in [7, 11) is 0. The van der Waals surface area contributed by atoms with E-state index >= 15 is 0 Å². The fourth-order valence-corrected chi connectivity index (χ4v) is 17.8. The molecule has 12 aromatic heterocycles. The summed E-state index contributed by atoms with van der Waals surface area (Å²) in [5.74, 6) is 0. The van der Waals surface area contributed by atoms with Gasteiger partial charge in [-0.2, -0.15) is 0 Å². The van der Waals surface area contributed by atoms with Gasteiger partial charge in [-0.15, -0.1) is 0 Å². The number of nitrogens with zero attached hydrogens (tertiary/aromatic N) is 15. The van der Waals surface area contributed by atoms with E-state index in [0.717, 1.165) is 154 Å². The van der Waals surface area contributed by atoms with E-state index in [1.165, 1.54) is 75.5 Å². The minimum atomic E-state index is 0.527. The van der Waals surface area contributed by atoms with Gasteiger partial charge in [-0.1, -0.05) is 200 Å². The van der Waals surface area contributed by atoms with E-state index in [0.29, 0.717) is 11.3 Å². The van der Waals surface area contributed by atoms with Crippen LogP contribution in [0.2, 0.25) is 0 Å². The third-order valence-corrected chi connectivity index (χ3v) is 23.1. The van der Waals surface area contributed by atoms with Gasteiger partial charge in [0.2, 0.25) is 0 Å². The summed E-state index contributed by atoms with van der Waals surface area (Å²) in [6.07, 6.45) is 3.28. The molecule has 0 aliphatic heterocycles. The molecule has 536 valence electrons. The summed E-state index contributed by atoms with van der Waals surface area (Å²) < 4.78 is 8.78. The Morgan fingerprint density at radius 1 is 0.155 bits per heavy atom. The second-order valence-corrected chi connectivity index (χ2v) is 29.8. The van der Waals surface area contributed by atoms with Gasteiger partial charge in [0.15, 0.2) is 22.6 Å². The fourth-order valence-electron chi connectivity index (χ4n) is 17.8. The van der Waals surface area contributed by atoms with Crippen LogP contribution in [0.25, 0.3) is 241 Å². The highest BCUT2D eigenvalue weighted by Crippen LogP contribution is 2.41. The van der Waals surface area contributed by atoms with Crippen LogP contribution in [-0.4, -0.2) is 72.4 Å². The average molecular weight is 1480 g/mol. The highest BCUT2D eigenvalue weighted by Gasteiger charge is 2.23. The molecule has 12 heterocycles. The normalized spacial score (nSPS) is 12.1. The van der Waals surface area contributed by atoms with Crippen molar-refractivity contribution in [3.05, 3.63) is 346 Å². The molecule has 0 aliphatic carbocycles. The molecule has 0 saturated heterocycles. The van der Waals surface area contributed by atoms with E-state index in [9.17, 15) is 0 Å². The molecule has 16 aromatic carbocycles. The molecule has 28 rings (SSSR count). The summed E-state index contributed by atoms with van der Waals surface area (Å²) in [6, 6.07) is 117. The van der Waals surface area contributed by atoms with Gasteiger partial charge in [0, 0.05) is 60.9 Å². The SMILES string of the molecule is c1ccc2cc3c(cc2c1)c1cc2ccccc2cc1n1c2ccccc2nc31.c1ccc2cc3c(cc2c1)c1cc2ccccc2nc1n1c2ccccc2nc31.c1ccc2cc3c(cc2c1)c1nc2ccccc2nc1n1c2ccccc2nc31.c1ccc2cc3c(cc2c1)c1nc2nccnc2nc1n1c2ccccc2nc31. The molecule has 0 unspecified atom stereocenters. The zero-order valence-electron chi connectivity index (χ0n) is 61.6. The monoisotopic (exact) mass is 1480 g/mol. The molecule has 15 heteroatoms. The number of aromatic nitrogens is 15. The van der Waals surface area contributed by atoms with E-state index in [4.69, 9.17) is 44.9 Å². The Bertz CT molecular complexity index is 8100. The largest absolute Gasteiger partial charge is 0.292 e. The van der Waals surface area contributed by atoms with Gasteiger partial charge in [0.05, 0.1) is 66.2 Å². The Morgan fingerprint density at radius 2 is 0.405 bits per heavy atom. The second kappa shape index (κ2) is 24.7. The first kappa shape index (κ1) is 63.6. The first-order valence-corrected chi connectivity index (χ1v) is 38.7. The lowest BCUT2D eigenvalue weighted by molar-refractivity contribution is 1.16. The van der Waals surface area contributed by atoms with Gasteiger partial charge >= 0.3 is 0 Å². The van der Waals surface area contributed by atoms with Crippen LogP contribution < -0.4 is 0 Å². The van der Waals surface area contributed by atoms with Crippen LogP contribution in [0, 0.1) is 0 Å². The number of hydrogen-bond donors (Lipinski definition) is 0. The number of fused-ring (bicyclic) bond motifs is 40. The van der Waals surface area contributed by atoms with Gasteiger partial charge in [0.1, 0.15) is 39.3 Å². The summed E-state index contributed by atoms with van der Waals surface area (Å²) in [5.41, 5.74) is 21.3. The standard InChI is InChI=1S/C27H16N2.C26H15N3.C25H14N4.C23H12N6/c1-2-9-19-15-23-21(13-17(19)7-1)22-14-18-8-3-4-10-20(18)16-26(22)29-25-12-6-5-11-24(25)28-27(23)29;1-2-8-17-14-20-19(13-16(17)7-1)21-15-18-9-3-4-10-22(18)27-25(21)29-24-12-6-5-11-23(24)28-26(20)29;1-2-8-16-14-18-17(13-15(16)7-1)23-25(27-20-10-4-3-9-19(20)26-23)29-22-12-6-5-11-21(22)28-24(18)29;1-2-6-14-12-16-15(11-13(14)5-1)19-23(28-21-20(27-19)24-9-10-25-21)29-18-8-4-3-7-17(18)26-22(16)29/h1-16H;1-15H;1-14H;1-12H. The summed E-state index contributed by atoms with van der Waals surface area (Å²) >= 11 is 0. The number of para-hydroxylation sites is 11. The summed E-state index contributed by atoms with van der Waals surface area (Å²) in [4.78, 5) is 53.5. The van der Waals surface area contributed by atoms with Crippen LogP contribution in [0.4, 0.5) is 0 Å². The predicted octanol–water partition coefficient (Wildman–Crippen LogP) is 24.2. The van der Waals surface area contributed by atoms with E-state index in [1.807, 2.05) is 72.8 Å². The van der Waals surface area contributed by atoms with Crippen LogP contribution in [0.15, 0.2) is 346 Å². The van der Waals surface area contributed by atoms with Crippen LogP contribution in [0.5, 0.6) is 0 Å². The van der Waals surface area contributed by atoms with Gasteiger partial charge in [-0.05, 0) is 198 Å². The number of hydrogen-bond acceptors (Lipinski definition) is 11. The lowest BCUT2D eigenvalue weighted by Crippen LogP contribution is -1.99. The van der Waals surface area contributed by atoms with Crippen molar-refractivity contribution >= 4 is 241 Å². The molecule has 0 N–H and O–H groups in total. The molecule has 0 fully saturated rings. The minimum absolute atomic E-state index is 0.527. The van der Waals surface area contributed by atoms with E-state index in [2.05, 4.69) is 288 Å². The van der Waals surface area contributed by atoms with Crippen LogP contribution in [0.3, 0.4) is 0 Å². The highest BCUT2D eigenvalue weighted by molar-refractivity contribution is 6.23.